The van der Waals surface area contributed by atoms with E-state index in [1.165, 1.54) is 12.1 Å². The fourth-order valence-electron chi connectivity index (χ4n) is 1.47. The largest absolute Gasteiger partial charge is 0.478 e. The Morgan fingerprint density at radius 3 is 2.47 bits per heavy atom. The SMILES string of the molecule is O=C(Nc1cccc(Cl)c1C(=O)O)c1ccc(Cl)s1. The monoisotopic (exact) mass is 315 g/mol. The van der Waals surface area contributed by atoms with E-state index in [1.807, 2.05) is 0 Å². The maximum Gasteiger partial charge on any atom is 0.339 e. The van der Waals surface area contributed by atoms with Crippen molar-refractivity contribution in [3.05, 3.63) is 50.1 Å². The van der Waals surface area contributed by atoms with Crippen molar-refractivity contribution >= 4 is 52.1 Å². The van der Waals surface area contributed by atoms with Crippen molar-refractivity contribution in [1.29, 1.82) is 0 Å². The summed E-state index contributed by atoms with van der Waals surface area (Å²) in [6.45, 7) is 0. The standard InChI is InChI=1S/C12H7Cl2NO3S/c13-6-2-1-3-7(10(6)12(17)18)15-11(16)8-4-5-9(14)19-8/h1-5H,(H,15,16)(H,17,18). The van der Waals surface area contributed by atoms with Crippen LogP contribution in [0.4, 0.5) is 5.69 Å². The van der Waals surface area contributed by atoms with E-state index in [2.05, 4.69) is 5.32 Å². The van der Waals surface area contributed by atoms with Crippen LogP contribution >= 0.6 is 34.5 Å². The van der Waals surface area contributed by atoms with Gasteiger partial charge in [0.05, 0.1) is 19.9 Å². The first-order chi connectivity index (χ1) is 8.99. The van der Waals surface area contributed by atoms with Crippen LogP contribution in [0.15, 0.2) is 30.3 Å². The molecule has 0 unspecified atom stereocenters. The Kier molecular flexibility index (Phi) is 4.09. The van der Waals surface area contributed by atoms with Crippen LogP contribution in [-0.2, 0) is 0 Å². The molecule has 0 aliphatic carbocycles. The van der Waals surface area contributed by atoms with Crippen molar-refractivity contribution in [2.75, 3.05) is 5.32 Å². The molecular weight excluding hydrogens is 309 g/mol. The molecule has 0 saturated heterocycles. The quantitative estimate of drug-likeness (QED) is 0.899. The van der Waals surface area contributed by atoms with Crippen molar-refractivity contribution in [2.24, 2.45) is 0 Å². The number of halogens is 2. The van der Waals surface area contributed by atoms with E-state index in [1.54, 1.807) is 18.2 Å². The zero-order valence-electron chi connectivity index (χ0n) is 9.31. The molecule has 1 aromatic carbocycles. The number of hydrogen-bond acceptors (Lipinski definition) is 3. The third-order valence-corrected chi connectivity index (χ3v) is 3.82. The number of anilines is 1. The Balaban J connectivity index is 2.31. The number of carboxylic acid groups (broad SMARTS) is 1. The summed E-state index contributed by atoms with van der Waals surface area (Å²) in [4.78, 5) is 23.4. The van der Waals surface area contributed by atoms with Gasteiger partial charge >= 0.3 is 5.97 Å². The summed E-state index contributed by atoms with van der Waals surface area (Å²) in [6, 6.07) is 7.64. The van der Waals surface area contributed by atoms with Gasteiger partial charge in [-0.3, -0.25) is 4.79 Å². The number of carboxylic acids is 1. The molecule has 0 fully saturated rings. The number of thiophene rings is 1. The molecule has 0 aliphatic heterocycles. The summed E-state index contributed by atoms with van der Waals surface area (Å²) in [5.41, 5.74) is 0.00897. The lowest BCUT2D eigenvalue weighted by atomic mass is 10.1. The van der Waals surface area contributed by atoms with Crippen molar-refractivity contribution in [3.8, 4) is 0 Å². The number of benzene rings is 1. The molecule has 1 heterocycles. The highest BCUT2D eigenvalue weighted by Crippen LogP contribution is 2.26. The summed E-state index contributed by atoms with van der Waals surface area (Å²) < 4.78 is 0.481. The fourth-order valence-corrected chi connectivity index (χ4v) is 2.66. The number of hydrogen-bond donors (Lipinski definition) is 2. The van der Waals surface area contributed by atoms with E-state index in [0.29, 0.717) is 9.21 Å². The van der Waals surface area contributed by atoms with Gasteiger partial charge in [0.15, 0.2) is 0 Å². The summed E-state index contributed by atoms with van der Waals surface area (Å²) in [5, 5.41) is 11.7. The van der Waals surface area contributed by atoms with Gasteiger partial charge in [0.25, 0.3) is 5.91 Å². The number of aromatic carboxylic acids is 1. The van der Waals surface area contributed by atoms with Crippen LogP contribution in [0.5, 0.6) is 0 Å². The predicted molar refractivity (Wildman–Crippen MR) is 75.7 cm³/mol. The van der Waals surface area contributed by atoms with Gasteiger partial charge in [-0.25, -0.2) is 4.79 Å². The Bertz CT molecular complexity index is 654. The number of carbonyl (C=O) groups excluding carboxylic acids is 1. The second kappa shape index (κ2) is 5.61. The minimum Gasteiger partial charge on any atom is -0.478 e. The summed E-state index contributed by atoms with van der Waals surface area (Å²) in [6.07, 6.45) is 0. The Morgan fingerprint density at radius 2 is 1.89 bits per heavy atom. The first-order valence-electron chi connectivity index (χ1n) is 5.07. The molecule has 0 aliphatic rings. The molecule has 2 aromatic rings. The van der Waals surface area contributed by atoms with Crippen molar-refractivity contribution < 1.29 is 14.7 Å². The molecular formula is C12H7Cl2NO3S. The van der Waals surface area contributed by atoms with E-state index < -0.39 is 11.9 Å². The summed E-state index contributed by atoms with van der Waals surface area (Å²) in [7, 11) is 0. The topological polar surface area (TPSA) is 66.4 Å². The first-order valence-corrected chi connectivity index (χ1v) is 6.65. The maximum absolute atomic E-state index is 11.9. The minimum atomic E-state index is -1.20. The van der Waals surface area contributed by atoms with Crippen LogP contribution in [0.3, 0.4) is 0 Å². The highest BCUT2D eigenvalue weighted by Gasteiger charge is 2.17. The molecule has 19 heavy (non-hydrogen) atoms. The van der Waals surface area contributed by atoms with Crippen LogP contribution in [-0.4, -0.2) is 17.0 Å². The normalized spacial score (nSPS) is 10.2. The van der Waals surface area contributed by atoms with Crippen LogP contribution in [0.2, 0.25) is 9.36 Å². The molecule has 0 bridgehead atoms. The minimum absolute atomic E-state index is 0.0644. The fraction of sp³-hybridized carbons (Fsp3) is 0. The molecule has 1 aromatic heterocycles. The Labute approximate surface area is 122 Å². The lowest BCUT2D eigenvalue weighted by molar-refractivity contribution is 0.0698. The molecule has 2 N–H and O–H groups in total. The van der Waals surface area contributed by atoms with Crippen LogP contribution < -0.4 is 5.32 Å². The van der Waals surface area contributed by atoms with Crippen LogP contribution in [0.25, 0.3) is 0 Å². The van der Waals surface area contributed by atoms with Gasteiger partial charge in [0.1, 0.15) is 5.56 Å². The van der Waals surface area contributed by atoms with E-state index in [-0.39, 0.29) is 16.3 Å². The van der Waals surface area contributed by atoms with Crippen molar-refractivity contribution in [3.63, 3.8) is 0 Å². The molecule has 0 atom stereocenters. The molecule has 0 saturated carbocycles. The third-order valence-electron chi connectivity index (χ3n) is 2.27. The highest BCUT2D eigenvalue weighted by atomic mass is 35.5. The van der Waals surface area contributed by atoms with E-state index in [4.69, 9.17) is 28.3 Å². The van der Waals surface area contributed by atoms with E-state index in [9.17, 15) is 9.59 Å². The van der Waals surface area contributed by atoms with Crippen molar-refractivity contribution in [2.45, 2.75) is 0 Å². The molecule has 0 spiro atoms. The molecule has 1 amide bonds. The number of amides is 1. The number of nitrogens with one attached hydrogen (secondary N) is 1. The lowest BCUT2D eigenvalue weighted by Crippen LogP contribution is -2.13. The van der Waals surface area contributed by atoms with Crippen LogP contribution in [0, 0.1) is 0 Å². The molecule has 4 nitrogen and oxygen atoms in total. The van der Waals surface area contributed by atoms with Gasteiger partial charge < -0.3 is 10.4 Å². The highest BCUT2D eigenvalue weighted by molar-refractivity contribution is 7.18. The number of carbonyl (C=O) groups is 2. The number of rotatable bonds is 3. The Morgan fingerprint density at radius 1 is 1.16 bits per heavy atom. The predicted octanol–water partition coefficient (Wildman–Crippen LogP) is 4.01. The molecule has 2 rings (SSSR count). The maximum atomic E-state index is 11.9. The smallest absolute Gasteiger partial charge is 0.339 e. The summed E-state index contributed by atoms with van der Waals surface area (Å²) in [5.74, 6) is -1.63. The van der Waals surface area contributed by atoms with Gasteiger partial charge in [0, 0.05) is 0 Å². The lowest BCUT2D eigenvalue weighted by Gasteiger charge is -2.08. The molecule has 0 radical (unpaired) electrons. The van der Waals surface area contributed by atoms with Gasteiger partial charge in [0.2, 0.25) is 0 Å². The second-order valence-corrected chi connectivity index (χ2v) is 5.65. The average molecular weight is 316 g/mol. The Hall–Kier alpha value is -1.56. The van der Waals surface area contributed by atoms with Crippen molar-refractivity contribution in [1.82, 2.24) is 0 Å². The van der Waals surface area contributed by atoms with Gasteiger partial charge in [-0.2, -0.15) is 0 Å². The summed E-state index contributed by atoms with van der Waals surface area (Å²) >= 11 is 12.7. The zero-order chi connectivity index (χ0) is 14.0. The van der Waals surface area contributed by atoms with Crippen LogP contribution in [0.1, 0.15) is 20.0 Å². The van der Waals surface area contributed by atoms with E-state index >= 15 is 0 Å². The van der Waals surface area contributed by atoms with Gasteiger partial charge in [-0.1, -0.05) is 29.3 Å². The second-order valence-electron chi connectivity index (χ2n) is 3.53. The molecule has 98 valence electrons. The third kappa shape index (κ3) is 3.07. The van der Waals surface area contributed by atoms with Gasteiger partial charge in [-0.15, -0.1) is 11.3 Å². The first kappa shape index (κ1) is 13.9. The molecule has 7 heteroatoms. The van der Waals surface area contributed by atoms with E-state index in [0.717, 1.165) is 11.3 Å². The zero-order valence-corrected chi connectivity index (χ0v) is 11.6. The van der Waals surface area contributed by atoms with Gasteiger partial charge in [-0.05, 0) is 24.3 Å². The average Bonchev–Trinajstić information content (AvgIpc) is 2.75.